The number of hydrogen-bond donors (Lipinski definition) is 1. The van der Waals surface area contributed by atoms with E-state index in [1.807, 2.05) is 0 Å². The summed E-state index contributed by atoms with van der Waals surface area (Å²) in [6, 6.07) is 6.63. The number of hydrogen-bond acceptors (Lipinski definition) is 2. The molecule has 26 heavy (non-hydrogen) atoms. The van der Waals surface area contributed by atoms with E-state index in [0.717, 1.165) is 18.3 Å². The molecule has 0 unspecified atom stereocenters. The lowest BCUT2D eigenvalue weighted by Crippen LogP contribution is -2.24. The molecule has 0 saturated carbocycles. The van der Waals surface area contributed by atoms with Gasteiger partial charge in [-0.05, 0) is 38.0 Å². The molecule has 1 aromatic heterocycles. The number of nitrogens with zero attached hydrogens (tertiary/aromatic N) is 1. The molecule has 0 aliphatic rings. The number of anilines is 1. The Morgan fingerprint density at radius 1 is 1.00 bits per heavy atom. The lowest BCUT2D eigenvalue weighted by Gasteiger charge is -2.22. The number of halogens is 6. The smallest absolute Gasteiger partial charge is 0.370 e. The van der Waals surface area contributed by atoms with Gasteiger partial charge in [0.2, 0.25) is 0 Å². The summed E-state index contributed by atoms with van der Waals surface area (Å²) in [5.74, 6) is -2.24. The molecule has 0 fully saturated rings. The normalized spacial score (nSPS) is 13.5. The average Bonchev–Trinajstić information content (AvgIpc) is 2.48. The van der Waals surface area contributed by atoms with Gasteiger partial charge in [0.25, 0.3) is 0 Å². The summed E-state index contributed by atoms with van der Waals surface area (Å²) in [6.45, 7) is 3.11. The Labute approximate surface area is 147 Å². The second-order valence-electron chi connectivity index (χ2n) is 6.13. The van der Waals surface area contributed by atoms with Crippen LogP contribution in [0.4, 0.5) is 32.2 Å². The van der Waals surface area contributed by atoms with Crippen LogP contribution in [0.2, 0.25) is 0 Å². The van der Waals surface area contributed by atoms with Gasteiger partial charge in [0.15, 0.2) is 0 Å². The lowest BCUT2D eigenvalue weighted by molar-refractivity contribution is -0.151. The highest BCUT2D eigenvalue weighted by molar-refractivity contribution is 5.45. The summed E-state index contributed by atoms with van der Waals surface area (Å²) in [7, 11) is 0. The van der Waals surface area contributed by atoms with Crippen molar-refractivity contribution >= 4 is 5.82 Å². The van der Waals surface area contributed by atoms with Gasteiger partial charge in [-0.2, -0.15) is 26.3 Å². The van der Waals surface area contributed by atoms with Gasteiger partial charge in [0.05, 0.1) is 11.5 Å². The lowest BCUT2D eigenvalue weighted by atomic mass is 9.92. The molecule has 1 heterocycles. The quantitative estimate of drug-likeness (QED) is 0.661. The maximum atomic E-state index is 13.4. The second kappa shape index (κ2) is 7.55. The van der Waals surface area contributed by atoms with Crippen molar-refractivity contribution in [3.63, 3.8) is 0 Å². The third kappa shape index (κ3) is 5.12. The van der Waals surface area contributed by atoms with Crippen LogP contribution in [0.3, 0.4) is 0 Å². The molecule has 2 rings (SSSR count). The highest BCUT2D eigenvalue weighted by Gasteiger charge is 2.40. The van der Waals surface area contributed by atoms with Gasteiger partial charge < -0.3 is 5.32 Å². The molecule has 0 aliphatic heterocycles. The summed E-state index contributed by atoms with van der Waals surface area (Å²) in [5, 5.41) is 2.39. The first-order valence-corrected chi connectivity index (χ1v) is 7.89. The van der Waals surface area contributed by atoms with E-state index in [1.165, 1.54) is 12.1 Å². The minimum Gasteiger partial charge on any atom is -0.370 e. The van der Waals surface area contributed by atoms with Gasteiger partial charge in [-0.3, -0.25) is 0 Å². The highest BCUT2D eigenvalue weighted by Crippen LogP contribution is 2.38. The molecule has 0 bridgehead atoms. The van der Waals surface area contributed by atoms with Crippen LogP contribution in [0.1, 0.15) is 34.6 Å². The zero-order valence-corrected chi connectivity index (χ0v) is 14.2. The van der Waals surface area contributed by atoms with Crippen molar-refractivity contribution in [2.24, 2.45) is 0 Å². The molecule has 1 aromatic carbocycles. The molecule has 142 valence electrons. The molecule has 0 radical (unpaired) electrons. The van der Waals surface area contributed by atoms with Crippen molar-refractivity contribution in [2.75, 3.05) is 11.9 Å². The van der Waals surface area contributed by atoms with Crippen LogP contribution in [0, 0.1) is 13.8 Å². The molecule has 1 atom stereocenters. The number of benzene rings is 1. The SMILES string of the molecule is Cc1cc(C)cc([C@H](CCNc2ncccc2C(F)(F)F)C(F)(F)F)c1. The zero-order valence-electron chi connectivity index (χ0n) is 14.2. The molecule has 0 saturated heterocycles. The summed E-state index contributed by atoms with van der Waals surface area (Å²) in [6.07, 6.45) is -8.38. The van der Waals surface area contributed by atoms with E-state index in [-0.39, 0.29) is 12.1 Å². The van der Waals surface area contributed by atoms with Crippen molar-refractivity contribution in [2.45, 2.75) is 38.5 Å². The van der Waals surface area contributed by atoms with E-state index in [2.05, 4.69) is 10.3 Å². The molecule has 0 spiro atoms. The first kappa shape index (κ1) is 20.1. The fraction of sp³-hybridized carbons (Fsp3) is 0.389. The number of pyridine rings is 1. The van der Waals surface area contributed by atoms with Crippen molar-refractivity contribution < 1.29 is 26.3 Å². The summed E-state index contributed by atoms with van der Waals surface area (Å²) < 4.78 is 79.1. The van der Waals surface area contributed by atoms with Gasteiger partial charge >= 0.3 is 12.4 Å². The van der Waals surface area contributed by atoms with E-state index in [9.17, 15) is 26.3 Å². The standard InChI is InChI=1S/C18H18F6N2/c1-11-8-12(2)10-13(9-11)14(17(19,20)21)5-7-26-16-15(18(22,23)24)4-3-6-25-16/h3-4,6,8-10,14H,5,7H2,1-2H3,(H,25,26)/t14-/m0/s1. The van der Waals surface area contributed by atoms with Gasteiger partial charge in [-0.25, -0.2) is 4.98 Å². The van der Waals surface area contributed by atoms with Gasteiger partial charge in [-0.15, -0.1) is 0 Å². The number of aromatic nitrogens is 1. The van der Waals surface area contributed by atoms with Crippen molar-refractivity contribution in [1.29, 1.82) is 0 Å². The van der Waals surface area contributed by atoms with Crippen LogP contribution < -0.4 is 5.32 Å². The number of rotatable bonds is 5. The maximum absolute atomic E-state index is 13.4. The fourth-order valence-corrected chi connectivity index (χ4v) is 2.84. The Bertz CT molecular complexity index is 732. The third-order valence-electron chi connectivity index (χ3n) is 3.88. The first-order chi connectivity index (χ1) is 12.0. The molecular weight excluding hydrogens is 358 g/mol. The van der Waals surface area contributed by atoms with E-state index in [4.69, 9.17) is 0 Å². The molecule has 2 nitrogen and oxygen atoms in total. The minimum absolute atomic E-state index is 0.105. The molecule has 1 N–H and O–H groups in total. The van der Waals surface area contributed by atoms with Gasteiger partial charge in [0.1, 0.15) is 5.82 Å². The molecular formula is C18H18F6N2. The Morgan fingerprint density at radius 2 is 1.62 bits per heavy atom. The summed E-state index contributed by atoms with van der Waals surface area (Å²) in [5.41, 5.74) is 0.501. The maximum Gasteiger partial charge on any atom is 0.419 e. The fourth-order valence-electron chi connectivity index (χ4n) is 2.84. The van der Waals surface area contributed by atoms with Crippen molar-refractivity contribution in [1.82, 2.24) is 4.98 Å². The van der Waals surface area contributed by atoms with E-state index >= 15 is 0 Å². The van der Waals surface area contributed by atoms with Crippen LogP contribution in [0.25, 0.3) is 0 Å². The predicted molar refractivity (Wildman–Crippen MR) is 87.1 cm³/mol. The van der Waals surface area contributed by atoms with Crippen LogP contribution in [0.15, 0.2) is 36.5 Å². The highest BCUT2D eigenvalue weighted by atomic mass is 19.4. The van der Waals surface area contributed by atoms with Crippen LogP contribution in [-0.2, 0) is 6.18 Å². The first-order valence-electron chi connectivity index (χ1n) is 7.89. The molecule has 0 amide bonds. The summed E-state index contributed by atoms with van der Waals surface area (Å²) in [4.78, 5) is 3.59. The average molecular weight is 376 g/mol. The zero-order chi connectivity index (χ0) is 19.5. The molecule has 2 aromatic rings. The predicted octanol–water partition coefficient (Wildman–Crippen LogP) is 5.87. The largest absolute Gasteiger partial charge is 0.419 e. The Morgan fingerprint density at radius 3 is 2.15 bits per heavy atom. The Hall–Kier alpha value is -2.25. The minimum atomic E-state index is -4.63. The second-order valence-corrected chi connectivity index (χ2v) is 6.13. The van der Waals surface area contributed by atoms with Crippen molar-refractivity contribution in [3.8, 4) is 0 Å². The topological polar surface area (TPSA) is 24.9 Å². The molecule has 8 heteroatoms. The number of nitrogens with one attached hydrogen (secondary N) is 1. The van der Waals surface area contributed by atoms with Gasteiger partial charge in [-0.1, -0.05) is 29.3 Å². The third-order valence-corrected chi connectivity index (χ3v) is 3.88. The van der Waals surface area contributed by atoms with Crippen LogP contribution in [0.5, 0.6) is 0 Å². The van der Waals surface area contributed by atoms with Crippen LogP contribution in [-0.4, -0.2) is 17.7 Å². The van der Waals surface area contributed by atoms with Crippen molar-refractivity contribution in [3.05, 3.63) is 58.8 Å². The monoisotopic (exact) mass is 376 g/mol. The van der Waals surface area contributed by atoms with Crippen LogP contribution >= 0.6 is 0 Å². The molecule has 0 aliphatic carbocycles. The van der Waals surface area contributed by atoms with E-state index in [0.29, 0.717) is 11.1 Å². The Kier molecular flexibility index (Phi) is 5.83. The Balaban J connectivity index is 2.17. The van der Waals surface area contributed by atoms with Gasteiger partial charge in [0, 0.05) is 12.7 Å². The number of aryl methyl sites for hydroxylation is 2. The van der Waals surface area contributed by atoms with E-state index in [1.54, 1.807) is 19.9 Å². The number of alkyl halides is 6. The van der Waals surface area contributed by atoms with E-state index < -0.39 is 36.1 Å². The summed E-state index contributed by atoms with van der Waals surface area (Å²) >= 11 is 0.